The Balaban J connectivity index is 1.27. The summed E-state index contributed by atoms with van der Waals surface area (Å²) in [7, 11) is 1.97. The number of hydrogen-bond acceptors (Lipinski definition) is 5. The highest BCUT2D eigenvalue weighted by molar-refractivity contribution is 6.07. The standard InChI is InChI=1S/C22H24N4O3/c1-15-10-23-11-20(24-15)29-16-7-8-28-22(9-16)13-26(14-22)21(27)18-12-25(2)19-6-4-3-5-17(18)19/h3-6,10-12,16H,7-9,13-14H2,1-2H3. The van der Waals surface area contributed by atoms with Crippen LogP contribution in [0.4, 0.5) is 0 Å². The number of fused-ring (bicyclic) bond motifs is 1. The Morgan fingerprint density at radius 3 is 2.93 bits per heavy atom. The summed E-state index contributed by atoms with van der Waals surface area (Å²) in [5.41, 5.74) is 2.32. The first kappa shape index (κ1) is 18.1. The van der Waals surface area contributed by atoms with E-state index in [2.05, 4.69) is 9.97 Å². The average Bonchev–Trinajstić information content (AvgIpc) is 3.03. The van der Waals surface area contributed by atoms with Crippen LogP contribution in [-0.2, 0) is 11.8 Å². The Labute approximate surface area is 169 Å². The SMILES string of the molecule is Cc1cncc(OC2CCOC3(C2)CN(C(=O)c2cn(C)c4ccccc24)C3)n1. The molecule has 0 bridgehead atoms. The molecule has 5 rings (SSSR count). The largest absolute Gasteiger partial charge is 0.473 e. The van der Waals surface area contributed by atoms with Crippen LogP contribution >= 0.6 is 0 Å². The zero-order valence-electron chi connectivity index (χ0n) is 16.7. The predicted octanol–water partition coefficient (Wildman–Crippen LogP) is 2.73. The molecule has 3 aromatic rings. The van der Waals surface area contributed by atoms with Crippen LogP contribution in [0.2, 0.25) is 0 Å². The highest BCUT2D eigenvalue weighted by atomic mass is 16.5. The van der Waals surface area contributed by atoms with Gasteiger partial charge in [0, 0.05) is 43.2 Å². The number of nitrogens with zero attached hydrogens (tertiary/aromatic N) is 4. The summed E-state index contributed by atoms with van der Waals surface area (Å²) in [4.78, 5) is 23.5. The number of rotatable bonds is 3. The van der Waals surface area contributed by atoms with Gasteiger partial charge in [0.15, 0.2) is 0 Å². The quantitative estimate of drug-likeness (QED) is 0.686. The Morgan fingerprint density at radius 1 is 1.28 bits per heavy atom. The zero-order chi connectivity index (χ0) is 20.0. The molecule has 1 spiro atoms. The summed E-state index contributed by atoms with van der Waals surface area (Å²) in [5.74, 6) is 0.610. The Morgan fingerprint density at radius 2 is 2.10 bits per heavy atom. The number of benzene rings is 1. The molecule has 0 aliphatic carbocycles. The summed E-state index contributed by atoms with van der Waals surface area (Å²) in [6.45, 7) is 3.71. The Hall–Kier alpha value is -2.93. The third kappa shape index (κ3) is 3.25. The van der Waals surface area contributed by atoms with Gasteiger partial charge < -0.3 is 18.9 Å². The van der Waals surface area contributed by atoms with Crippen molar-refractivity contribution in [3.63, 3.8) is 0 Å². The molecule has 7 nitrogen and oxygen atoms in total. The minimum absolute atomic E-state index is 0.0228. The lowest BCUT2D eigenvalue weighted by atomic mass is 9.84. The number of para-hydroxylation sites is 1. The summed E-state index contributed by atoms with van der Waals surface area (Å²) in [6.07, 6.45) is 6.86. The molecule has 0 radical (unpaired) electrons. The molecule has 4 heterocycles. The van der Waals surface area contributed by atoms with Crippen LogP contribution in [0.25, 0.3) is 10.9 Å². The Bertz CT molecular complexity index is 1070. The number of hydrogen-bond donors (Lipinski definition) is 0. The lowest BCUT2D eigenvalue weighted by Gasteiger charge is -2.52. The maximum absolute atomic E-state index is 13.1. The molecule has 1 amide bonds. The zero-order valence-corrected chi connectivity index (χ0v) is 16.7. The first-order valence-corrected chi connectivity index (χ1v) is 9.96. The fourth-order valence-corrected chi connectivity index (χ4v) is 4.45. The topological polar surface area (TPSA) is 69.5 Å². The van der Waals surface area contributed by atoms with Crippen molar-refractivity contribution in [2.75, 3.05) is 19.7 Å². The maximum Gasteiger partial charge on any atom is 0.256 e. The van der Waals surface area contributed by atoms with Crippen LogP contribution in [0.1, 0.15) is 28.9 Å². The van der Waals surface area contributed by atoms with Gasteiger partial charge in [0.25, 0.3) is 5.91 Å². The minimum atomic E-state index is -0.319. The first-order valence-electron chi connectivity index (χ1n) is 9.96. The number of aryl methyl sites for hydroxylation is 2. The van der Waals surface area contributed by atoms with Crippen molar-refractivity contribution >= 4 is 16.8 Å². The average molecular weight is 392 g/mol. The minimum Gasteiger partial charge on any atom is -0.473 e. The third-order valence-corrected chi connectivity index (χ3v) is 5.84. The van der Waals surface area contributed by atoms with Gasteiger partial charge in [-0.15, -0.1) is 0 Å². The fraction of sp³-hybridized carbons (Fsp3) is 0.409. The molecule has 29 heavy (non-hydrogen) atoms. The second kappa shape index (κ2) is 6.84. The van der Waals surface area contributed by atoms with Gasteiger partial charge in [-0.1, -0.05) is 18.2 Å². The molecule has 0 N–H and O–H groups in total. The molecule has 0 saturated carbocycles. The van der Waals surface area contributed by atoms with Crippen LogP contribution in [0.3, 0.4) is 0 Å². The van der Waals surface area contributed by atoms with Gasteiger partial charge >= 0.3 is 0 Å². The smallest absolute Gasteiger partial charge is 0.256 e. The van der Waals surface area contributed by atoms with E-state index in [-0.39, 0.29) is 17.6 Å². The molecule has 1 aromatic carbocycles. The van der Waals surface area contributed by atoms with Crippen LogP contribution < -0.4 is 4.74 Å². The first-order chi connectivity index (χ1) is 14.0. The molecule has 1 atom stereocenters. The van der Waals surface area contributed by atoms with E-state index in [1.165, 1.54) is 0 Å². The second-order valence-electron chi connectivity index (χ2n) is 8.09. The molecule has 2 fully saturated rings. The van der Waals surface area contributed by atoms with E-state index >= 15 is 0 Å². The summed E-state index contributed by atoms with van der Waals surface area (Å²) >= 11 is 0. The molecule has 1 unspecified atom stereocenters. The molecule has 7 heteroatoms. The van der Waals surface area contributed by atoms with Crippen molar-refractivity contribution in [1.29, 1.82) is 0 Å². The normalized spacial score (nSPS) is 20.6. The lowest BCUT2D eigenvalue weighted by molar-refractivity contribution is -0.174. The van der Waals surface area contributed by atoms with Crippen molar-refractivity contribution < 1.29 is 14.3 Å². The van der Waals surface area contributed by atoms with Gasteiger partial charge in [0.05, 0.1) is 37.2 Å². The molecule has 150 valence electrons. The van der Waals surface area contributed by atoms with E-state index in [0.717, 1.165) is 35.0 Å². The number of ether oxygens (including phenoxy) is 2. The van der Waals surface area contributed by atoms with Crippen LogP contribution in [0.5, 0.6) is 5.88 Å². The van der Waals surface area contributed by atoms with Crippen molar-refractivity contribution in [2.24, 2.45) is 7.05 Å². The number of carbonyl (C=O) groups excluding carboxylic acids is 1. The van der Waals surface area contributed by atoms with E-state index in [1.807, 2.05) is 53.9 Å². The van der Waals surface area contributed by atoms with Crippen molar-refractivity contribution in [1.82, 2.24) is 19.4 Å². The van der Waals surface area contributed by atoms with Crippen molar-refractivity contribution in [2.45, 2.75) is 31.5 Å². The van der Waals surface area contributed by atoms with Gasteiger partial charge in [-0.05, 0) is 13.0 Å². The summed E-state index contributed by atoms with van der Waals surface area (Å²) in [5, 5.41) is 0.991. The highest BCUT2D eigenvalue weighted by Gasteiger charge is 2.50. The van der Waals surface area contributed by atoms with Crippen LogP contribution in [-0.4, -0.2) is 56.7 Å². The maximum atomic E-state index is 13.1. The van der Waals surface area contributed by atoms with Crippen molar-refractivity contribution in [3.8, 4) is 5.88 Å². The molecule has 2 saturated heterocycles. The molecule has 2 aromatic heterocycles. The lowest BCUT2D eigenvalue weighted by Crippen LogP contribution is -2.67. The molecule has 2 aliphatic rings. The van der Waals surface area contributed by atoms with Crippen molar-refractivity contribution in [3.05, 3.63) is 54.1 Å². The monoisotopic (exact) mass is 392 g/mol. The van der Waals surface area contributed by atoms with Gasteiger partial charge in [0.1, 0.15) is 11.7 Å². The van der Waals surface area contributed by atoms with Gasteiger partial charge in [-0.25, -0.2) is 4.98 Å². The van der Waals surface area contributed by atoms with Crippen LogP contribution in [0, 0.1) is 6.92 Å². The summed E-state index contributed by atoms with van der Waals surface area (Å²) < 4.78 is 14.1. The molecule has 2 aliphatic heterocycles. The highest BCUT2D eigenvalue weighted by Crippen LogP contribution is 2.37. The van der Waals surface area contributed by atoms with E-state index in [0.29, 0.717) is 25.6 Å². The number of aromatic nitrogens is 3. The number of carbonyl (C=O) groups is 1. The second-order valence-corrected chi connectivity index (χ2v) is 8.09. The molecular formula is C22H24N4O3. The van der Waals surface area contributed by atoms with Gasteiger partial charge in [-0.2, -0.15) is 0 Å². The number of likely N-dealkylation sites (tertiary alicyclic amines) is 1. The molecular weight excluding hydrogens is 368 g/mol. The van der Waals surface area contributed by atoms with Crippen LogP contribution in [0.15, 0.2) is 42.9 Å². The predicted molar refractivity (Wildman–Crippen MR) is 108 cm³/mol. The van der Waals surface area contributed by atoms with E-state index in [1.54, 1.807) is 12.4 Å². The summed E-state index contributed by atoms with van der Waals surface area (Å²) in [6, 6.07) is 7.99. The number of amides is 1. The Kier molecular flexibility index (Phi) is 4.28. The van der Waals surface area contributed by atoms with E-state index < -0.39 is 0 Å². The van der Waals surface area contributed by atoms with E-state index in [4.69, 9.17) is 9.47 Å². The third-order valence-electron chi connectivity index (χ3n) is 5.84. The fourth-order valence-electron chi connectivity index (χ4n) is 4.45. The van der Waals surface area contributed by atoms with Gasteiger partial charge in [0.2, 0.25) is 5.88 Å². The van der Waals surface area contributed by atoms with Gasteiger partial charge in [-0.3, -0.25) is 9.78 Å². The van der Waals surface area contributed by atoms with E-state index in [9.17, 15) is 4.79 Å².